The van der Waals surface area contributed by atoms with E-state index in [9.17, 15) is 14.4 Å². The Morgan fingerprint density at radius 2 is 1.84 bits per heavy atom. The zero-order chi connectivity index (χ0) is 22.2. The molecule has 2 aromatic carbocycles. The first-order valence-electron chi connectivity index (χ1n) is 10.5. The molecule has 7 nitrogen and oxygen atoms in total. The Kier molecular flexibility index (Phi) is 5.43. The highest BCUT2D eigenvalue weighted by Gasteiger charge is 2.53. The zero-order valence-corrected chi connectivity index (χ0v) is 18.1. The van der Waals surface area contributed by atoms with Gasteiger partial charge in [0.15, 0.2) is 0 Å². The van der Waals surface area contributed by atoms with Crippen molar-refractivity contribution in [2.75, 3.05) is 31.6 Å². The maximum absolute atomic E-state index is 13.2. The van der Waals surface area contributed by atoms with Crippen molar-refractivity contribution in [2.45, 2.75) is 32.4 Å². The van der Waals surface area contributed by atoms with Crippen LogP contribution in [0.4, 0.5) is 5.69 Å². The molecule has 1 saturated heterocycles. The van der Waals surface area contributed by atoms with Crippen LogP contribution in [0.15, 0.2) is 48.5 Å². The van der Waals surface area contributed by atoms with Crippen LogP contribution in [0.5, 0.6) is 5.75 Å². The van der Waals surface area contributed by atoms with Gasteiger partial charge < -0.3 is 14.5 Å². The molecule has 0 spiro atoms. The molecule has 0 aliphatic carbocycles. The molecular weight excluding hydrogens is 394 g/mol. The average molecular weight is 421 g/mol. The van der Waals surface area contributed by atoms with Crippen molar-refractivity contribution in [3.05, 3.63) is 59.7 Å². The fourth-order valence-electron chi connectivity index (χ4n) is 4.26. The molecule has 2 aliphatic heterocycles. The third-order valence-electron chi connectivity index (χ3n) is 6.18. The molecule has 4 rings (SSSR count). The molecule has 0 saturated carbocycles. The Labute approximate surface area is 182 Å². The maximum Gasteiger partial charge on any atom is 0.258 e. The van der Waals surface area contributed by atoms with E-state index in [-0.39, 0.29) is 24.3 Å². The van der Waals surface area contributed by atoms with E-state index in [1.807, 2.05) is 44.2 Å². The van der Waals surface area contributed by atoms with Crippen LogP contribution in [0.2, 0.25) is 0 Å². The minimum absolute atomic E-state index is 0.0280. The number of rotatable bonds is 6. The standard InChI is InChI=1S/C24H27N3O4/c1-17-8-10-18(11-9-17)31-15-14-25(3)22(29)16-26-23(30)19-6-4-5-7-20(19)27-21(28)12-13-24(26,27)2/h4-11H,12-16H2,1-3H3. The van der Waals surface area contributed by atoms with Gasteiger partial charge in [0.25, 0.3) is 5.91 Å². The maximum atomic E-state index is 13.2. The van der Waals surface area contributed by atoms with Crippen molar-refractivity contribution in [3.8, 4) is 5.75 Å². The predicted molar refractivity (Wildman–Crippen MR) is 117 cm³/mol. The normalized spacial score (nSPS) is 19.8. The van der Waals surface area contributed by atoms with Crippen molar-refractivity contribution < 1.29 is 19.1 Å². The van der Waals surface area contributed by atoms with Gasteiger partial charge in [-0.05, 0) is 44.5 Å². The minimum Gasteiger partial charge on any atom is -0.492 e. The Morgan fingerprint density at radius 1 is 1.13 bits per heavy atom. The number of benzene rings is 2. The number of aryl methyl sites for hydroxylation is 1. The van der Waals surface area contributed by atoms with Gasteiger partial charge >= 0.3 is 0 Å². The van der Waals surface area contributed by atoms with Crippen molar-refractivity contribution in [1.29, 1.82) is 0 Å². The van der Waals surface area contributed by atoms with Gasteiger partial charge in [0.2, 0.25) is 11.8 Å². The van der Waals surface area contributed by atoms with E-state index < -0.39 is 5.66 Å². The molecule has 3 amide bonds. The molecule has 2 aromatic rings. The first kappa shape index (κ1) is 20.9. The second-order valence-corrected chi connectivity index (χ2v) is 8.33. The van der Waals surface area contributed by atoms with Gasteiger partial charge in [-0.15, -0.1) is 0 Å². The summed E-state index contributed by atoms with van der Waals surface area (Å²) in [6, 6.07) is 14.8. The van der Waals surface area contributed by atoms with E-state index in [2.05, 4.69) is 0 Å². The lowest BCUT2D eigenvalue weighted by Gasteiger charge is -2.48. The number of carbonyl (C=O) groups is 3. The van der Waals surface area contributed by atoms with Crippen LogP contribution in [0, 0.1) is 6.92 Å². The molecule has 2 aliphatic rings. The number of fused-ring (bicyclic) bond motifs is 3. The van der Waals surface area contributed by atoms with Crippen LogP contribution < -0.4 is 9.64 Å². The fourth-order valence-corrected chi connectivity index (χ4v) is 4.26. The third-order valence-corrected chi connectivity index (χ3v) is 6.18. The summed E-state index contributed by atoms with van der Waals surface area (Å²) in [5.74, 6) is 0.309. The second-order valence-electron chi connectivity index (χ2n) is 8.33. The van der Waals surface area contributed by atoms with E-state index in [0.717, 1.165) is 11.3 Å². The molecule has 162 valence electrons. The van der Waals surface area contributed by atoms with Gasteiger partial charge in [-0.3, -0.25) is 19.3 Å². The van der Waals surface area contributed by atoms with Gasteiger partial charge in [-0.1, -0.05) is 29.8 Å². The quantitative estimate of drug-likeness (QED) is 0.719. The predicted octanol–water partition coefficient (Wildman–Crippen LogP) is 2.83. The SMILES string of the molecule is Cc1ccc(OCCN(C)C(=O)CN2C(=O)c3ccccc3N3C(=O)CCC23C)cc1. The van der Waals surface area contributed by atoms with Gasteiger partial charge in [0, 0.05) is 13.5 Å². The zero-order valence-electron chi connectivity index (χ0n) is 18.1. The molecule has 31 heavy (non-hydrogen) atoms. The number of para-hydroxylation sites is 1. The fraction of sp³-hybridized carbons (Fsp3) is 0.375. The number of nitrogens with zero attached hydrogens (tertiary/aromatic N) is 3. The van der Waals surface area contributed by atoms with Crippen molar-refractivity contribution >= 4 is 23.4 Å². The highest BCUT2D eigenvalue weighted by Crippen LogP contribution is 2.43. The largest absolute Gasteiger partial charge is 0.492 e. The van der Waals surface area contributed by atoms with Gasteiger partial charge in [-0.2, -0.15) is 0 Å². The molecule has 0 radical (unpaired) electrons. The van der Waals surface area contributed by atoms with E-state index >= 15 is 0 Å². The lowest BCUT2D eigenvalue weighted by Crippen LogP contribution is -2.64. The van der Waals surface area contributed by atoms with Gasteiger partial charge in [-0.25, -0.2) is 0 Å². The molecule has 0 aromatic heterocycles. The Bertz CT molecular complexity index is 1020. The van der Waals surface area contributed by atoms with Crippen LogP contribution in [-0.4, -0.2) is 59.9 Å². The van der Waals surface area contributed by atoms with Crippen molar-refractivity contribution in [1.82, 2.24) is 9.80 Å². The smallest absolute Gasteiger partial charge is 0.258 e. The van der Waals surface area contributed by atoms with Crippen LogP contribution in [0.3, 0.4) is 0 Å². The Morgan fingerprint density at radius 3 is 2.58 bits per heavy atom. The summed E-state index contributed by atoms with van der Waals surface area (Å²) in [4.78, 5) is 43.6. The molecule has 2 heterocycles. The molecular formula is C24H27N3O4. The van der Waals surface area contributed by atoms with E-state index in [0.29, 0.717) is 37.2 Å². The minimum atomic E-state index is -0.836. The number of anilines is 1. The number of amides is 3. The second kappa shape index (κ2) is 8.06. The number of hydrogen-bond acceptors (Lipinski definition) is 4. The molecule has 1 fully saturated rings. The monoisotopic (exact) mass is 421 g/mol. The Hall–Kier alpha value is -3.35. The molecule has 0 N–H and O–H groups in total. The highest BCUT2D eigenvalue weighted by molar-refractivity contribution is 6.11. The topological polar surface area (TPSA) is 70.2 Å². The third kappa shape index (κ3) is 3.76. The van der Waals surface area contributed by atoms with Gasteiger partial charge in [0.1, 0.15) is 24.6 Å². The highest BCUT2D eigenvalue weighted by atomic mass is 16.5. The number of carbonyl (C=O) groups excluding carboxylic acids is 3. The van der Waals surface area contributed by atoms with Crippen molar-refractivity contribution in [2.24, 2.45) is 0 Å². The summed E-state index contributed by atoms with van der Waals surface area (Å²) in [5, 5.41) is 0. The summed E-state index contributed by atoms with van der Waals surface area (Å²) >= 11 is 0. The summed E-state index contributed by atoms with van der Waals surface area (Å²) in [7, 11) is 1.70. The van der Waals surface area contributed by atoms with E-state index in [1.165, 1.54) is 0 Å². The molecule has 1 atom stereocenters. The molecule has 7 heteroatoms. The summed E-state index contributed by atoms with van der Waals surface area (Å²) in [6.07, 6.45) is 0.850. The first-order chi connectivity index (χ1) is 14.8. The lowest BCUT2D eigenvalue weighted by atomic mass is 9.98. The summed E-state index contributed by atoms with van der Waals surface area (Å²) in [5.41, 5.74) is 1.40. The summed E-state index contributed by atoms with van der Waals surface area (Å²) in [6.45, 7) is 4.53. The van der Waals surface area contributed by atoms with Crippen LogP contribution in [0.25, 0.3) is 0 Å². The molecule has 0 bridgehead atoms. The average Bonchev–Trinajstić information content (AvgIpc) is 3.07. The summed E-state index contributed by atoms with van der Waals surface area (Å²) < 4.78 is 5.72. The number of ether oxygens (including phenoxy) is 1. The molecule has 1 unspecified atom stereocenters. The first-order valence-corrected chi connectivity index (χ1v) is 10.5. The number of hydrogen-bond donors (Lipinski definition) is 0. The van der Waals surface area contributed by atoms with Crippen LogP contribution in [0.1, 0.15) is 35.7 Å². The number of likely N-dealkylation sites (N-methyl/N-ethyl adjacent to an activating group) is 1. The van der Waals surface area contributed by atoms with Crippen LogP contribution in [-0.2, 0) is 9.59 Å². The lowest BCUT2D eigenvalue weighted by molar-refractivity contribution is -0.132. The van der Waals surface area contributed by atoms with E-state index in [4.69, 9.17) is 4.74 Å². The van der Waals surface area contributed by atoms with Crippen molar-refractivity contribution in [3.63, 3.8) is 0 Å². The Balaban J connectivity index is 1.45. The van der Waals surface area contributed by atoms with E-state index in [1.54, 1.807) is 39.9 Å². The van der Waals surface area contributed by atoms with Gasteiger partial charge in [0.05, 0.1) is 17.8 Å². The van der Waals surface area contributed by atoms with Crippen LogP contribution >= 0.6 is 0 Å².